The number of aryl methyl sites for hydroxylation is 2. The topological polar surface area (TPSA) is 17.8 Å². The minimum atomic E-state index is -0.315. The van der Waals surface area contributed by atoms with Crippen molar-refractivity contribution in [3.8, 4) is 0 Å². The second-order valence-electron chi connectivity index (χ2n) is 3.21. The zero-order valence-corrected chi connectivity index (χ0v) is 8.77. The summed E-state index contributed by atoms with van der Waals surface area (Å²) in [7, 11) is 1.81. The maximum Gasteiger partial charge on any atom is 0.125 e. The number of nitrogens with zero attached hydrogens (tertiary/aromatic N) is 2. The standard InChI is InChI=1S/C10H10ClFN2/c1-3-9-7-4-6(12)5-8(11)10(7)14(2)13-9/h4-5H,3H2,1-2H3. The molecule has 0 saturated heterocycles. The van der Waals surface area contributed by atoms with Crippen molar-refractivity contribution in [3.05, 3.63) is 28.7 Å². The monoisotopic (exact) mass is 212 g/mol. The van der Waals surface area contributed by atoms with Crippen LogP contribution in [0.1, 0.15) is 12.6 Å². The van der Waals surface area contributed by atoms with E-state index in [9.17, 15) is 4.39 Å². The quantitative estimate of drug-likeness (QED) is 0.711. The van der Waals surface area contributed by atoms with Gasteiger partial charge in [-0.2, -0.15) is 5.10 Å². The molecule has 0 aliphatic carbocycles. The van der Waals surface area contributed by atoms with E-state index in [0.29, 0.717) is 5.02 Å². The van der Waals surface area contributed by atoms with Gasteiger partial charge in [0.25, 0.3) is 0 Å². The predicted octanol–water partition coefficient (Wildman–Crippen LogP) is 2.93. The SMILES string of the molecule is CCc1nn(C)c2c(Cl)cc(F)cc12. The Balaban J connectivity index is 2.89. The van der Waals surface area contributed by atoms with Crippen LogP contribution in [0.3, 0.4) is 0 Å². The molecule has 4 heteroatoms. The first kappa shape index (κ1) is 9.46. The van der Waals surface area contributed by atoms with Crippen LogP contribution in [0.15, 0.2) is 12.1 Å². The van der Waals surface area contributed by atoms with Crippen molar-refractivity contribution in [2.45, 2.75) is 13.3 Å². The van der Waals surface area contributed by atoms with Crippen LogP contribution in [0, 0.1) is 5.82 Å². The Kier molecular flexibility index (Phi) is 2.19. The summed E-state index contributed by atoms with van der Waals surface area (Å²) in [4.78, 5) is 0. The molecule has 14 heavy (non-hydrogen) atoms. The van der Waals surface area contributed by atoms with Gasteiger partial charge in [-0.15, -0.1) is 0 Å². The van der Waals surface area contributed by atoms with E-state index in [4.69, 9.17) is 11.6 Å². The summed E-state index contributed by atoms with van der Waals surface area (Å²) in [5.74, 6) is -0.315. The highest BCUT2D eigenvalue weighted by Gasteiger charge is 2.11. The zero-order chi connectivity index (χ0) is 10.3. The third-order valence-electron chi connectivity index (χ3n) is 2.27. The number of hydrogen-bond acceptors (Lipinski definition) is 1. The second kappa shape index (κ2) is 3.24. The molecule has 2 nitrogen and oxygen atoms in total. The van der Waals surface area contributed by atoms with E-state index < -0.39 is 0 Å². The van der Waals surface area contributed by atoms with Crippen LogP contribution >= 0.6 is 11.6 Å². The zero-order valence-electron chi connectivity index (χ0n) is 8.01. The van der Waals surface area contributed by atoms with Crippen LogP contribution in [-0.4, -0.2) is 9.78 Å². The second-order valence-corrected chi connectivity index (χ2v) is 3.61. The van der Waals surface area contributed by atoms with Gasteiger partial charge in [-0.05, 0) is 18.6 Å². The Bertz CT molecular complexity index is 490. The number of benzene rings is 1. The largest absolute Gasteiger partial charge is 0.266 e. The first-order chi connectivity index (χ1) is 6.63. The fourth-order valence-corrected chi connectivity index (χ4v) is 1.99. The fourth-order valence-electron chi connectivity index (χ4n) is 1.66. The summed E-state index contributed by atoms with van der Waals surface area (Å²) < 4.78 is 14.8. The molecule has 2 aromatic rings. The van der Waals surface area contributed by atoms with E-state index in [-0.39, 0.29) is 5.82 Å². The Labute approximate surface area is 86.3 Å². The van der Waals surface area contributed by atoms with E-state index in [2.05, 4.69) is 5.10 Å². The average molecular weight is 213 g/mol. The molecule has 0 aliphatic heterocycles. The molecular formula is C10H10ClFN2. The lowest BCUT2D eigenvalue weighted by Gasteiger charge is -1.97. The maximum atomic E-state index is 13.1. The van der Waals surface area contributed by atoms with E-state index in [1.54, 1.807) is 4.68 Å². The minimum absolute atomic E-state index is 0.315. The Morgan fingerprint density at radius 3 is 2.86 bits per heavy atom. The van der Waals surface area contributed by atoms with E-state index in [1.165, 1.54) is 12.1 Å². The molecule has 0 saturated carbocycles. The van der Waals surface area contributed by atoms with Crippen molar-refractivity contribution in [2.75, 3.05) is 0 Å². The summed E-state index contributed by atoms with van der Waals surface area (Å²) >= 11 is 5.94. The van der Waals surface area contributed by atoms with Gasteiger partial charge in [0, 0.05) is 12.4 Å². The van der Waals surface area contributed by atoms with E-state index >= 15 is 0 Å². The van der Waals surface area contributed by atoms with Gasteiger partial charge in [0.15, 0.2) is 0 Å². The van der Waals surface area contributed by atoms with Crippen molar-refractivity contribution in [2.24, 2.45) is 7.05 Å². The van der Waals surface area contributed by atoms with Gasteiger partial charge in [-0.25, -0.2) is 4.39 Å². The van der Waals surface area contributed by atoms with Crippen molar-refractivity contribution in [1.29, 1.82) is 0 Å². The highest BCUT2D eigenvalue weighted by atomic mass is 35.5. The molecule has 0 atom stereocenters. The molecule has 0 spiro atoms. The lowest BCUT2D eigenvalue weighted by molar-refractivity contribution is 0.629. The number of aromatic nitrogens is 2. The molecule has 0 N–H and O–H groups in total. The van der Waals surface area contributed by atoms with E-state index in [1.807, 2.05) is 14.0 Å². The molecule has 0 bridgehead atoms. The van der Waals surface area contributed by atoms with Gasteiger partial charge in [0.2, 0.25) is 0 Å². The number of halogens is 2. The van der Waals surface area contributed by atoms with Gasteiger partial charge in [-0.3, -0.25) is 4.68 Å². The first-order valence-electron chi connectivity index (χ1n) is 4.44. The average Bonchev–Trinajstić information content (AvgIpc) is 2.42. The third kappa shape index (κ3) is 1.28. The van der Waals surface area contributed by atoms with Gasteiger partial charge < -0.3 is 0 Å². The molecule has 0 fully saturated rings. The molecule has 74 valence electrons. The molecule has 1 heterocycles. The normalized spacial score (nSPS) is 11.1. The van der Waals surface area contributed by atoms with Crippen LogP contribution in [0.2, 0.25) is 5.02 Å². The number of fused-ring (bicyclic) bond motifs is 1. The molecule has 1 aromatic heterocycles. The molecule has 0 unspecified atom stereocenters. The van der Waals surface area contributed by atoms with Gasteiger partial charge in [0.05, 0.1) is 16.2 Å². The Hall–Kier alpha value is -1.09. The van der Waals surface area contributed by atoms with Crippen molar-refractivity contribution < 1.29 is 4.39 Å². The lowest BCUT2D eigenvalue weighted by atomic mass is 10.2. The van der Waals surface area contributed by atoms with Crippen molar-refractivity contribution in [3.63, 3.8) is 0 Å². The van der Waals surface area contributed by atoms with Gasteiger partial charge in [-0.1, -0.05) is 18.5 Å². The minimum Gasteiger partial charge on any atom is -0.266 e. The molecule has 2 rings (SSSR count). The summed E-state index contributed by atoms with van der Waals surface area (Å²) in [6.07, 6.45) is 0.775. The molecule has 0 amide bonds. The first-order valence-corrected chi connectivity index (χ1v) is 4.82. The Morgan fingerprint density at radius 1 is 1.50 bits per heavy atom. The smallest absolute Gasteiger partial charge is 0.125 e. The van der Waals surface area contributed by atoms with Crippen molar-refractivity contribution >= 4 is 22.5 Å². The Morgan fingerprint density at radius 2 is 2.21 bits per heavy atom. The van der Waals surface area contributed by atoms with E-state index in [0.717, 1.165) is 23.0 Å². The molecular weight excluding hydrogens is 203 g/mol. The van der Waals surface area contributed by atoms with Crippen LogP contribution in [0.4, 0.5) is 4.39 Å². The number of rotatable bonds is 1. The maximum absolute atomic E-state index is 13.1. The van der Waals surface area contributed by atoms with Gasteiger partial charge >= 0.3 is 0 Å². The van der Waals surface area contributed by atoms with Crippen LogP contribution in [0.25, 0.3) is 10.9 Å². The van der Waals surface area contributed by atoms with Crippen LogP contribution in [0.5, 0.6) is 0 Å². The summed E-state index contributed by atoms with van der Waals surface area (Å²) in [5.41, 5.74) is 1.67. The summed E-state index contributed by atoms with van der Waals surface area (Å²) in [6.45, 7) is 1.99. The molecule has 0 aliphatic rings. The number of hydrogen-bond donors (Lipinski definition) is 0. The molecule has 1 aromatic carbocycles. The molecule has 0 radical (unpaired) electrons. The highest BCUT2D eigenvalue weighted by molar-refractivity contribution is 6.35. The summed E-state index contributed by atoms with van der Waals surface area (Å²) in [5, 5.41) is 5.49. The van der Waals surface area contributed by atoms with Crippen molar-refractivity contribution in [1.82, 2.24) is 9.78 Å². The fraction of sp³-hybridized carbons (Fsp3) is 0.300. The van der Waals surface area contributed by atoms with Gasteiger partial charge in [0.1, 0.15) is 5.82 Å². The third-order valence-corrected chi connectivity index (χ3v) is 2.56. The lowest BCUT2D eigenvalue weighted by Crippen LogP contribution is -1.91. The summed E-state index contributed by atoms with van der Waals surface area (Å²) in [6, 6.07) is 2.79. The predicted molar refractivity (Wildman–Crippen MR) is 55.1 cm³/mol. The van der Waals surface area contributed by atoms with Crippen LogP contribution in [-0.2, 0) is 13.5 Å². The highest BCUT2D eigenvalue weighted by Crippen LogP contribution is 2.27. The van der Waals surface area contributed by atoms with Crippen LogP contribution < -0.4 is 0 Å².